The SMILES string of the molecule is NCc1ccc2c(c1)C1(CCN(C(=O)/C=C/c3cccnc3)CC1)CO2.NCc1ccc2c(c1)C1(CCN(C(=O)/C=C/c3cccs3)CC1)CO2.NCc1ccc2c(c1)C1(CCN(C(=O)/C=C/c3ccsc3)CC1)CO2. The number of likely N-dealkylation sites (tertiary alicyclic amines) is 3. The molecule has 0 atom stereocenters. The highest BCUT2D eigenvalue weighted by Gasteiger charge is 2.46. The zero-order chi connectivity index (χ0) is 52.5. The van der Waals surface area contributed by atoms with E-state index in [4.69, 9.17) is 31.4 Å². The Morgan fingerprint density at radius 1 is 0.526 bits per heavy atom. The Kier molecular flexibility index (Phi) is 16.3. The van der Waals surface area contributed by atoms with Crippen LogP contribution in [-0.2, 0) is 50.3 Å². The molecule has 76 heavy (non-hydrogen) atoms. The number of rotatable bonds is 9. The fourth-order valence-electron chi connectivity index (χ4n) is 11.4. The van der Waals surface area contributed by atoms with Crippen LogP contribution in [0.15, 0.2) is 132 Å². The highest BCUT2D eigenvalue weighted by atomic mass is 32.1. The fourth-order valence-corrected chi connectivity index (χ4v) is 12.6. The van der Waals surface area contributed by atoms with E-state index >= 15 is 0 Å². The van der Waals surface area contributed by atoms with Crippen LogP contribution in [0, 0.1) is 0 Å². The third-order valence-corrected chi connectivity index (χ3v) is 17.7. The lowest BCUT2D eigenvalue weighted by atomic mass is 9.74. The normalized spacial score (nSPS) is 18.4. The lowest BCUT2D eigenvalue weighted by molar-refractivity contribution is -0.128. The highest BCUT2D eigenvalue weighted by Crippen LogP contribution is 2.48. The van der Waals surface area contributed by atoms with Gasteiger partial charge in [-0.15, -0.1) is 11.3 Å². The molecule has 3 saturated heterocycles. The van der Waals surface area contributed by atoms with Gasteiger partial charge in [0.25, 0.3) is 0 Å². The predicted molar refractivity (Wildman–Crippen MR) is 302 cm³/mol. The second-order valence-electron chi connectivity index (χ2n) is 20.6. The molecule has 9 heterocycles. The average Bonchev–Trinajstić information content (AvgIpc) is 4.38. The zero-order valence-electron chi connectivity index (χ0n) is 42.9. The first kappa shape index (κ1) is 52.6. The number of amides is 3. The van der Waals surface area contributed by atoms with E-state index in [0.717, 1.165) is 128 Å². The van der Waals surface area contributed by atoms with E-state index < -0.39 is 0 Å². The van der Waals surface area contributed by atoms with Gasteiger partial charge in [-0.05, 0) is 137 Å². The number of ether oxygens (including phenoxy) is 3. The predicted octanol–water partition coefficient (Wildman–Crippen LogP) is 8.85. The minimum Gasteiger partial charge on any atom is -0.492 e. The average molecular weight is 1060 g/mol. The summed E-state index contributed by atoms with van der Waals surface area (Å²) in [5.41, 5.74) is 26.7. The van der Waals surface area contributed by atoms with Crippen LogP contribution in [0.2, 0.25) is 0 Å². The molecule has 0 saturated carbocycles. The molecule has 3 aromatic heterocycles. The van der Waals surface area contributed by atoms with Crippen molar-refractivity contribution in [1.29, 1.82) is 0 Å². The molecule has 0 unspecified atom stereocenters. The van der Waals surface area contributed by atoms with Crippen LogP contribution in [-0.4, -0.2) is 96.5 Å². The van der Waals surface area contributed by atoms with Crippen LogP contribution >= 0.6 is 22.7 Å². The van der Waals surface area contributed by atoms with Crippen molar-refractivity contribution in [1.82, 2.24) is 19.7 Å². The third kappa shape index (κ3) is 11.6. The van der Waals surface area contributed by atoms with Gasteiger partial charge in [0.1, 0.15) is 17.2 Å². The van der Waals surface area contributed by atoms with Crippen LogP contribution in [0.1, 0.15) is 87.9 Å². The van der Waals surface area contributed by atoms with Gasteiger partial charge in [-0.25, -0.2) is 0 Å². The van der Waals surface area contributed by atoms with Crippen molar-refractivity contribution in [3.8, 4) is 17.2 Å². The van der Waals surface area contributed by atoms with Gasteiger partial charge in [-0.3, -0.25) is 19.4 Å². The molecule has 0 radical (unpaired) electrons. The van der Waals surface area contributed by atoms with E-state index in [2.05, 4.69) is 23.2 Å². The fraction of sp³-hybridized carbons (Fsp3) is 0.344. The Balaban J connectivity index is 0.000000130. The van der Waals surface area contributed by atoms with Gasteiger partial charge in [0, 0.05) is 127 Å². The maximum Gasteiger partial charge on any atom is 0.246 e. The Morgan fingerprint density at radius 3 is 1.33 bits per heavy atom. The number of carbonyl (C=O) groups is 3. The van der Waals surface area contributed by atoms with Crippen LogP contribution in [0.3, 0.4) is 0 Å². The molecule has 3 aromatic carbocycles. The maximum atomic E-state index is 12.5. The Labute approximate surface area is 453 Å². The summed E-state index contributed by atoms with van der Waals surface area (Å²) in [6, 6.07) is 28.6. The number of nitrogens with zero attached hydrogens (tertiary/aromatic N) is 4. The number of hydrogen-bond acceptors (Lipinski definition) is 12. The standard InChI is InChI=1S/C21H23N3O2.2C20H22N2O2S/c22-13-17-3-5-19-18(12-17)21(15-26-19)7-10-24(11-8-21)20(25)6-4-16-2-1-9-23-14-16;21-12-16-1-3-18-17(11-16)20(14-24-18)6-8-22(9-7-20)19(23)4-2-15-5-10-25-13-15;21-13-15-3-5-18-17(12-15)20(14-24-18)7-9-22(10-8-20)19(23)6-4-16-2-1-11-25-16/h1-6,9,12,14H,7-8,10-11,13,15,22H2;1-5,10-11,13H,6-9,12,14,21H2;1-6,11-12H,7-10,13-14,21H2/b6-4+;4-2+;6-4+. The number of piperidine rings is 3. The lowest BCUT2D eigenvalue weighted by Gasteiger charge is -2.38. The first-order valence-corrected chi connectivity index (χ1v) is 28.2. The number of thiophene rings is 2. The van der Waals surface area contributed by atoms with Crippen LogP contribution in [0.4, 0.5) is 0 Å². The number of fused-ring (bicyclic) bond motifs is 6. The number of carbonyl (C=O) groups excluding carboxylic acids is 3. The second kappa shape index (κ2) is 23.6. The Morgan fingerprint density at radius 2 is 0.961 bits per heavy atom. The van der Waals surface area contributed by atoms with E-state index in [0.29, 0.717) is 39.5 Å². The quantitative estimate of drug-likeness (QED) is 0.119. The van der Waals surface area contributed by atoms with Gasteiger partial charge < -0.3 is 46.1 Å². The molecule has 13 nitrogen and oxygen atoms in total. The molecule has 15 heteroatoms. The number of pyridine rings is 1. The molecule has 0 aliphatic carbocycles. The Bertz CT molecular complexity index is 2920. The topological polar surface area (TPSA) is 180 Å². The Hall–Kier alpha value is -6.88. The lowest BCUT2D eigenvalue weighted by Crippen LogP contribution is -2.45. The first-order chi connectivity index (χ1) is 37.1. The summed E-state index contributed by atoms with van der Waals surface area (Å²) >= 11 is 3.28. The van der Waals surface area contributed by atoms with Crippen LogP contribution in [0.5, 0.6) is 17.2 Å². The number of nitrogens with two attached hydrogens (primary N) is 3. The molecule has 0 bridgehead atoms. The monoisotopic (exact) mass is 1060 g/mol. The molecule has 6 aliphatic heterocycles. The smallest absolute Gasteiger partial charge is 0.246 e. The first-order valence-electron chi connectivity index (χ1n) is 26.4. The zero-order valence-corrected chi connectivity index (χ0v) is 44.6. The molecular formula is C61H67N7O6S2. The summed E-state index contributed by atoms with van der Waals surface area (Å²) in [6.45, 7) is 8.29. The molecule has 3 amide bonds. The van der Waals surface area contributed by atoms with Crippen molar-refractivity contribution < 1.29 is 28.6 Å². The van der Waals surface area contributed by atoms with Crippen LogP contribution in [0.25, 0.3) is 18.2 Å². The van der Waals surface area contributed by atoms with Crippen molar-refractivity contribution in [2.75, 3.05) is 59.1 Å². The second-order valence-corrected chi connectivity index (χ2v) is 22.4. The summed E-state index contributed by atoms with van der Waals surface area (Å²) in [5, 5.41) is 6.07. The summed E-state index contributed by atoms with van der Waals surface area (Å²) in [5.74, 6) is 3.18. The van der Waals surface area contributed by atoms with Crippen molar-refractivity contribution in [3.05, 3.63) is 181 Å². The van der Waals surface area contributed by atoms with Crippen molar-refractivity contribution in [3.63, 3.8) is 0 Å². The maximum absolute atomic E-state index is 12.5. The molecular weight excluding hydrogens is 991 g/mol. The summed E-state index contributed by atoms with van der Waals surface area (Å²) < 4.78 is 17.8. The van der Waals surface area contributed by atoms with Crippen molar-refractivity contribution in [2.24, 2.45) is 17.2 Å². The molecule has 394 valence electrons. The summed E-state index contributed by atoms with van der Waals surface area (Å²) in [4.78, 5) is 48.3. The number of hydrogen-bond donors (Lipinski definition) is 3. The van der Waals surface area contributed by atoms with E-state index in [-0.39, 0.29) is 34.0 Å². The molecule has 6 N–H and O–H groups in total. The molecule has 6 aliphatic rings. The summed E-state index contributed by atoms with van der Waals surface area (Å²) in [7, 11) is 0. The molecule has 12 rings (SSSR count). The van der Waals surface area contributed by atoms with E-state index in [9.17, 15) is 14.4 Å². The van der Waals surface area contributed by atoms with E-state index in [1.165, 1.54) is 16.7 Å². The third-order valence-electron chi connectivity index (χ3n) is 16.2. The van der Waals surface area contributed by atoms with E-state index in [1.807, 2.05) is 116 Å². The van der Waals surface area contributed by atoms with Crippen molar-refractivity contribution >= 4 is 58.6 Å². The van der Waals surface area contributed by atoms with Gasteiger partial charge in [0.05, 0.1) is 19.8 Å². The highest BCUT2D eigenvalue weighted by molar-refractivity contribution is 7.10. The molecule has 6 aromatic rings. The van der Waals surface area contributed by atoms with E-state index in [1.54, 1.807) is 53.3 Å². The molecule has 3 spiro atoms. The van der Waals surface area contributed by atoms with Gasteiger partial charge in [0.2, 0.25) is 17.7 Å². The summed E-state index contributed by atoms with van der Waals surface area (Å²) in [6.07, 6.45) is 19.7. The minimum absolute atomic E-state index is 0.0182. The minimum atomic E-state index is 0.0182. The van der Waals surface area contributed by atoms with Gasteiger partial charge in [0.15, 0.2) is 0 Å². The van der Waals surface area contributed by atoms with Gasteiger partial charge in [-0.1, -0.05) is 48.5 Å². The number of benzene rings is 3. The van der Waals surface area contributed by atoms with Crippen molar-refractivity contribution in [2.45, 2.75) is 74.4 Å². The largest absolute Gasteiger partial charge is 0.492 e. The van der Waals surface area contributed by atoms with Gasteiger partial charge in [-0.2, -0.15) is 11.3 Å². The van der Waals surface area contributed by atoms with Gasteiger partial charge >= 0.3 is 0 Å². The van der Waals surface area contributed by atoms with Crippen LogP contribution < -0.4 is 31.4 Å². The number of aromatic nitrogens is 1. The molecule has 3 fully saturated rings.